The van der Waals surface area contributed by atoms with Gasteiger partial charge in [-0.1, -0.05) is 12.1 Å². The first-order valence-corrected chi connectivity index (χ1v) is 8.49. The second-order valence-electron chi connectivity index (χ2n) is 3.48. The van der Waals surface area contributed by atoms with Crippen LogP contribution in [0.15, 0.2) is 49.6 Å². The molecular weight excluding hydrogens is 382 g/mol. The molecule has 1 aromatic heterocycles. The summed E-state index contributed by atoms with van der Waals surface area (Å²) in [5.74, 6) is 0.877. The number of thiophene rings is 1. The first-order chi connectivity index (χ1) is 8.18. The van der Waals surface area contributed by atoms with E-state index in [1.807, 2.05) is 18.2 Å². The number of rotatable bonds is 4. The number of hydrogen-bond donors (Lipinski definition) is 1. The maximum Gasteiger partial charge on any atom is 0.0496 e. The van der Waals surface area contributed by atoms with Gasteiger partial charge in [0.05, 0.1) is 0 Å². The molecule has 0 amide bonds. The Kier molecular flexibility index (Phi) is 5.11. The lowest BCUT2D eigenvalue weighted by Gasteiger charge is -2.11. The highest BCUT2D eigenvalue weighted by molar-refractivity contribution is 9.10. The quantitative estimate of drug-likeness (QED) is 0.735. The topological polar surface area (TPSA) is 26.0 Å². The van der Waals surface area contributed by atoms with Crippen molar-refractivity contribution in [1.82, 2.24) is 0 Å². The smallest absolute Gasteiger partial charge is 0.0496 e. The maximum atomic E-state index is 6.18. The van der Waals surface area contributed by atoms with E-state index in [4.69, 9.17) is 5.73 Å². The highest BCUT2D eigenvalue weighted by Gasteiger charge is 2.12. The van der Waals surface area contributed by atoms with E-state index in [-0.39, 0.29) is 6.04 Å². The molecule has 5 heteroatoms. The van der Waals surface area contributed by atoms with Gasteiger partial charge >= 0.3 is 0 Å². The minimum Gasteiger partial charge on any atom is -0.323 e. The van der Waals surface area contributed by atoms with Crippen LogP contribution in [0.25, 0.3) is 0 Å². The molecule has 0 bridgehead atoms. The third kappa shape index (κ3) is 3.58. The zero-order chi connectivity index (χ0) is 12.3. The SMILES string of the molecule is NC(CSc1ccccc1Br)c1sccc1Br. The summed E-state index contributed by atoms with van der Waals surface area (Å²) in [6.45, 7) is 0. The fourth-order valence-corrected chi connectivity index (χ4v) is 4.70. The van der Waals surface area contributed by atoms with Crippen LogP contribution in [0, 0.1) is 0 Å². The molecule has 0 spiro atoms. The molecule has 0 fully saturated rings. The van der Waals surface area contributed by atoms with Crippen LogP contribution in [-0.2, 0) is 0 Å². The molecule has 90 valence electrons. The van der Waals surface area contributed by atoms with Crippen LogP contribution in [0.2, 0.25) is 0 Å². The summed E-state index contributed by atoms with van der Waals surface area (Å²) in [6.07, 6.45) is 0. The first-order valence-electron chi connectivity index (χ1n) is 5.04. The van der Waals surface area contributed by atoms with E-state index in [1.165, 1.54) is 9.77 Å². The van der Waals surface area contributed by atoms with Gasteiger partial charge in [-0.05, 0) is 55.4 Å². The lowest BCUT2D eigenvalue weighted by atomic mass is 10.3. The maximum absolute atomic E-state index is 6.18. The summed E-state index contributed by atoms with van der Waals surface area (Å²) in [6, 6.07) is 10.3. The largest absolute Gasteiger partial charge is 0.323 e. The standard InChI is InChI=1S/C12H11Br2NS2/c13-8-3-1-2-4-11(8)17-7-10(15)12-9(14)5-6-16-12/h1-6,10H,7,15H2. The summed E-state index contributed by atoms with van der Waals surface area (Å²) in [7, 11) is 0. The Morgan fingerprint density at radius 3 is 2.59 bits per heavy atom. The minimum atomic E-state index is 0.0708. The van der Waals surface area contributed by atoms with Crippen molar-refractivity contribution in [2.45, 2.75) is 10.9 Å². The predicted octanol–water partition coefficient (Wildman–Crippen LogP) is 5.07. The van der Waals surface area contributed by atoms with Crippen molar-refractivity contribution in [2.75, 3.05) is 5.75 Å². The van der Waals surface area contributed by atoms with Crippen LogP contribution in [0.5, 0.6) is 0 Å². The van der Waals surface area contributed by atoms with E-state index in [0.717, 1.165) is 14.7 Å². The monoisotopic (exact) mass is 391 g/mol. The normalized spacial score (nSPS) is 12.6. The molecule has 0 saturated heterocycles. The van der Waals surface area contributed by atoms with E-state index < -0.39 is 0 Å². The van der Waals surface area contributed by atoms with Crippen LogP contribution >= 0.6 is 55.0 Å². The van der Waals surface area contributed by atoms with Crippen molar-refractivity contribution in [3.8, 4) is 0 Å². The van der Waals surface area contributed by atoms with Crippen LogP contribution in [0.3, 0.4) is 0 Å². The predicted molar refractivity (Wildman–Crippen MR) is 83.8 cm³/mol. The van der Waals surface area contributed by atoms with Gasteiger partial charge in [-0.3, -0.25) is 0 Å². The molecule has 1 heterocycles. The van der Waals surface area contributed by atoms with Gasteiger partial charge in [-0.2, -0.15) is 0 Å². The molecule has 17 heavy (non-hydrogen) atoms. The van der Waals surface area contributed by atoms with Crippen molar-refractivity contribution >= 4 is 55.0 Å². The Morgan fingerprint density at radius 1 is 1.18 bits per heavy atom. The van der Waals surface area contributed by atoms with Gasteiger partial charge in [0.15, 0.2) is 0 Å². The molecule has 1 aromatic carbocycles. The first kappa shape index (κ1) is 13.6. The van der Waals surface area contributed by atoms with E-state index in [0.29, 0.717) is 0 Å². The van der Waals surface area contributed by atoms with Gasteiger partial charge in [0.25, 0.3) is 0 Å². The number of halogens is 2. The van der Waals surface area contributed by atoms with Crippen molar-refractivity contribution in [1.29, 1.82) is 0 Å². The van der Waals surface area contributed by atoms with E-state index >= 15 is 0 Å². The molecule has 2 aromatic rings. The Morgan fingerprint density at radius 2 is 1.94 bits per heavy atom. The van der Waals surface area contributed by atoms with Crippen LogP contribution in [0.1, 0.15) is 10.9 Å². The summed E-state index contributed by atoms with van der Waals surface area (Å²) < 4.78 is 2.24. The lowest BCUT2D eigenvalue weighted by Crippen LogP contribution is -2.11. The van der Waals surface area contributed by atoms with Crippen LogP contribution in [-0.4, -0.2) is 5.75 Å². The number of benzene rings is 1. The molecule has 0 aliphatic carbocycles. The molecule has 0 saturated carbocycles. The average molecular weight is 393 g/mol. The van der Waals surface area contributed by atoms with Crippen molar-refractivity contribution in [2.24, 2.45) is 5.73 Å². The van der Waals surface area contributed by atoms with E-state index in [1.54, 1.807) is 23.1 Å². The Balaban J connectivity index is 2.00. The summed E-state index contributed by atoms with van der Waals surface area (Å²) in [4.78, 5) is 2.44. The van der Waals surface area contributed by atoms with Gasteiger partial charge in [-0.15, -0.1) is 23.1 Å². The van der Waals surface area contributed by atoms with Crippen LogP contribution < -0.4 is 5.73 Å². The van der Waals surface area contributed by atoms with Gasteiger partial charge in [0.2, 0.25) is 0 Å². The summed E-state index contributed by atoms with van der Waals surface area (Å²) in [5.41, 5.74) is 6.18. The zero-order valence-corrected chi connectivity index (χ0v) is 13.7. The molecule has 1 nitrogen and oxygen atoms in total. The number of hydrogen-bond acceptors (Lipinski definition) is 3. The fourth-order valence-electron chi connectivity index (χ4n) is 1.39. The number of nitrogens with two attached hydrogens (primary N) is 1. The van der Waals surface area contributed by atoms with Crippen molar-refractivity contribution in [3.05, 3.63) is 49.5 Å². The Labute approximate surface area is 126 Å². The van der Waals surface area contributed by atoms with Gasteiger partial charge in [-0.25, -0.2) is 0 Å². The summed E-state index contributed by atoms with van der Waals surface area (Å²) >= 11 is 10.5. The zero-order valence-electron chi connectivity index (χ0n) is 8.90. The molecule has 1 unspecified atom stereocenters. The molecule has 0 radical (unpaired) electrons. The Hall–Kier alpha value is 0.190. The van der Waals surface area contributed by atoms with Gasteiger partial charge in [0, 0.05) is 30.5 Å². The molecule has 2 rings (SSSR count). The molecule has 0 aliphatic heterocycles. The van der Waals surface area contributed by atoms with E-state index in [2.05, 4.69) is 49.4 Å². The van der Waals surface area contributed by atoms with Crippen molar-refractivity contribution in [3.63, 3.8) is 0 Å². The third-order valence-corrected chi connectivity index (χ3v) is 6.39. The summed E-state index contributed by atoms with van der Waals surface area (Å²) in [5, 5.41) is 2.06. The number of thioether (sulfide) groups is 1. The molecule has 2 N–H and O–H groups in total. The highest BCUT2D eigenvalue weighted by atomic mass is 79.9. The van der Waals surface area contributed by atoms with E-state index in [9.17, 15) is 0 Å². The third-order valence-electron chi connectivity index (χ3n) is 2.24. The fraction of sp³-hybridized carbons (Fsp3) is 0.167. The second kappa shape index (κ2) is 6.38. The minimum absolute atomic E-state index is 0.0708. The molecule has 1 atom stereocenters. The van der Waals surface area contributed by atoms with Gasteiger partial charge in [0.1, 0.15) is 0 Å². The Bertz CT molecular complexity index is 499. The lowest BCUT2D eigenvalue weighted by molar-refractivity contribution is 0.847. The van der Waals surface area contributed by atoms with Gasteiger partial charge < -0.3 is 5.73 Å². The highest BCUT2D eigenvalue weighted by Crippen LogP contribution is 2.33. The van der Waals surface area contributed by atoms with Crippen molar-refractivity contribution < 1.29 is 0 Å². The molecular formula is C12H11Br2NS2. The second-order valence-corrected chi connectivity index (χ2v) is 7.20. The average Bonchev–Trinajstić information content (AvgIpc) is 2.74. The van der Waals surface area contributed by atoms with Crippen LogP contribution in [0.4, 0.5) is 0 Å². The molecule has 0 aliphatic rings.